The average molecular weight is 724 g/mol. The molecule has 12 heteroatoms. The van der Waals surface area contributed by atoms with Crippen LogP contribution in [0.5, 0.6) is 17.2 Å². The number of aliphatic hydroxyl groups excluding tert-OH is 1. The van der Waals surface area contributed by atoms with Crippen LogP contribution >= 0.6 is 27.5 Å². The molecule has 0 fully saturated rings. The Morgan fingerprint density at radius 2 is 1.81 bits per heavy atom. The smallest absolute Gasteiger partial charge is 0.326 e. The predicted molar refractivity (Wildman–Crippen MR) is 182 cm³/mol. The monoisotopic (exact) mass is 722 g/mol. The van der Waals surface area contributed by atoms with Crippen LogP contribution < -0.4 is 19.5 Å². The van der Waals surface area contributed by atoms with Crippen molar-refractivity contribution in [2.75, 3.05) is 18.5 Å². The van der Waals surface area contributed by atoms with Crippen molar-refractivity contribution in [1.29, 1.82) is 5.26 Å². The van der Waals surface area contributed by atoms with Gasteiger partial charge in [0.25, 0.3) is 0 Å². The van der Waals surface area contributed by atoms with Crippen LogP contribution in [0.4, 0.5) is 0 Å². The molecular formula is C35H36BrClN4O6. The van der Waals surface area contributed by atoms with Gasteiger partial charge in [-0.1, -0.05) is 39.7 Å². The minimum atomic E-state index is -1.59. The molecule has 0 aliphatic rings. The lowest BCUT2D eigenvalue weighted by atomic mass is 9.96. The first-order valence-corrected chi connectivity index (χ1v) is 16.3. The van der Waals surface area contributed by atoms with Crippen molar-refractivity contribution < 1.29 is 29.2 Å². The summed E-state index contributed by atoms with van der Waals surface area (Å²) in [6.07, 6.45) is 5.70. The summed E-state index contributed by atoms with van der Waals surface area (Å²) in [6, 6.07) is 15.0. The van der Waals surface area contributed by atoms with Crippen LogP contribution in [-0.2, 0) is 24.6 Å². The molecule has 0 saturated heterocycles. The van der Waals surface area contributed by atoms with E-state index in [0.717, 1.165) is 45.4 Å². The van der Waals surface area contributed by atoms with Crippen molar-refractivity contribution in [3.05, 3.63) is 99.6 Å². The van der Waals surface area contributed by atoms with E-state index in [1.54, 1.807) is 30.6 Å². The predicted octanol–water partition coefficient (Wildman–Crippen LogP) is 6.53. The number of hydrogen-bond acceptors (Lipinski definition) is 9. The maximum atomic E-state index is 11.8. The summed E-state index contributed by atoms with van der Waals surface area (Å²) < 4.78 is 18.3. The topological polar surface area (TPSA) is 147 Å². The Hall–Kier alpha value is -4.21. The number of aromatic nitrogens is 2. The second-order valence-electron chi connectivity index (χ2n) is 11.1. The molecular weight excluding hydrogens is 688 g/mol. The van der Waals surface area contributed by atoms with E-state index in [1.165, 1.54) is 13.1 Å². The molecule has 0 bridgehead atoms. The highest BCUT2D eigenvalue weighted by Crippen LogP contribution is 2.36. The van der Waals surface area contributed by atoms with Gasteiger partial charge in [-0.05, 0) is 73.7 Å². The van der Waals surface area contributed by atoms with Gasteiger partial charge in [0.2, 0.25) is 0 Å². The van der Waals surface area contributed by atoms with Gasteiger partial charge < -0.3 is 24.4 Å². The summed E-state index contributed by atoms with van der Waals surface area (Å²) in [5.74, 6) is 0.337. The third kappa shape index (κ3) is 8.99. The van der Waals surface area contributed by atoms with Crippen LogP contribution in [0.25, 0.3) is 11.1 Å². The number of rotatable bonds is 16. The Balaban J connectivity index is 1.60. The summed E-state index contributed by atoms with van der Waals surface area (Å²) in [6.45, 7) is 5.63. The van der Waals surface area contributed by atoms with Gasteiger partial charge in [0.15, 0.2) is 0 Å². The second kappa shape index (κ2) is 16.6. The van der Waals surface area contributed by atoms with Gasteiger partial charge in [0, 0.05) is 47.7 Å². The quantitative estimate of drug-likeness (QED) is 0.0861. The first-order valence-electron chi connectivity index (χ1n) is 14.8. The van der Waals surface area contributed by atoms with Crippen LogP contribution in [0.15, 0.2) is 61.1 Å². The summed E-state index contributed by atoms with van der Waals surface area (Å²) in [5, 5.41) is 32.6. The van der Waals surface area contributed by atoms with Crippen molar-refractivity contribution >= 4 is 33.5 Å². The van der Waals surface area contributed by atoms with E-state index in [-0.39, 0.29) is 24.8 Å². The fourth-order valence-corrected chi connectivity index (χ4v) is 5.17. The zero-order chi connectivity index (χ0) is 34.0. The summed E-state index contributed by atoms with van der Waals surface area (Å²) >= 11 is 10.1. The SMILES string of the molecule is Cc1c(OCCCBr)cccc1-c1ccnc(COc2cc(OCc3cncc(C#N)c3)c(CN[C@@](C)(CO)C(=O)O)cc2Cl)c1C. The minimum Gasteiger partial charge on any atom is -0.493 e. The van der Waals surface area contributed by atoms with Crippen molar-refractivity contribution in [2.24, 2.45) is 0 Å². The number of carboxylic acids is 1. The first-order chi connectivity index (χ1) is 22.6. The molecule has 0 saturated carbocycles. The largest absolute Gasteiger partial charge is 0.493 e. The maximum absolute atomic E-state index is 11.8. The Morgan fingerprint density at radius 1 is 1.04 bits per heavy atom. The molecule has 47 heavy (non-hydrogen) atoms. The lowest BCUT2D eigenvalue weighted by Crippen LogP contribution is -2.52. The molecule has 3 N–H and O–H groups in total. The van der Waals surface area contributed by atoms with E-state index in [4.69, 9.17) is 25.8 Å². The summed E-state index contributed by atoms with van der Waals surface area (Å²) in [7, 11) is 0. The maximum Gasteiger partial charge on any atom is 0.326 e. The van der Waals surface area contributed by atoms with Gasteiger partial charge in [-0.15, -0.1) is 0 Å². The number of pyridine rings is 2. The highest BCUT2D eigenvalue weighted by Gasteiger charge is 2.32. The zero-order valence-electron chi connectivity index (χ0n) is 26.3. The number of ether oxygens (including phenoxy) is 3. The van der Waals surface area contributed by atoms with Crippen molar-refractivity contribution in [3.63, 3.8) is 0 Å². The van der Waals surface area contributed by atoms with E-state index in [1.807, 2.05) is 32.0 Å². The van der Waals surface area contributed by atoms with Crippen molar-refractivity contribution in [2.45, 2.75) is 52.5 Å². The van der Waals surface area contributed by atoms with Crippen molar-refractivity contribution in [3.8, 4) is 34.4 Å². The standard InChI is InChI=1S/C35H36BrClN4O6/c1-22-28(27-6-4-7-31(23(27)2)45-11-5-9-36)8-10-40-30(22)20-47-33-14-32(46-19-25-12-24(15-38)16-39-17-25)26(13-29(33)37)18-41-35(3,21-42)34(43)44/h4,6-8,10,12-14,16-17,41-42H,5,9,11,18-21H2,1-3H3,(H,43,44)/t35-/m0/s1. The molecule has 0 amide bonds. The Morgan fingerprint density at radius 3 is 2.53 bits per heavy atom. The molecule has 2 heterocycles. The van der Waals surface area contributed by atoms with E-state index < -0.39 is 18.1 Å². The minimum absolute atomic E-state index is 0.0239. The number of halogens is 2. The molecule has 246 valence electrons. The molecule has 0 aliphatic heterocycles. The molecule has 4 rings (SSSR count). The lowest BCUT2D eigenvalue weighted by Gasteiger charge is -2.25. The van der Waals surface area contributed by atoms with Crippen LogP contribution in [0.2, 0.25) is 5.02 Å². The van der Waals surface area contributed by atoms with Gasteiger partial charge in [-0.25, -0.2) is 0 Å². The average Bonchev–Trinajstić information content (AvgIpc) is 3.07. The zero-order valence-corrected chi connectivity index (χ0v) is 28.7. The van der Waals surface area contributed by atoms with Gasteiger partial charge in [-0.2, -0.15) is 5.26 Å². The van der Waals surface area contributed by atoms with Crippen LogP contribution in [0.1, 0.15) is 46.9 Å². The summed E-state index contributed by atoms with van der Waals surface area (Å²) in [4.78, 5) is 20.4. The normalized spacial score (nSPS) is 12.2. The molecule has 2 aromatic carbocycles. The molecule has 2 aromatic heterocycles. The number of carbonyl (C=O) groups is 1. The van der Waals surface area contributed by atoms with Crippen LogP contribution in [-0.4, -0.2) is 50.2 Å². The van der Waals surface area contributed by atoms with Crippen LogP contribution in [0, 0.1) is 25.2 Å². The molecule has 10 nitrogen and oxygen atoms in total. The van der Waals surface area contributed by atoms with Crippen LogP contribution in [0.3, 0.4) is 0 Å². The number of nitrogens with one attached hydrogen (secondary N) is 1. The number of benzene rings is 2. The fourth-order valence-electron chi connectivity index (χ4n) is 4.70. The number of nitriles is 1. The van der Waals surface area contributed by atoms with Gasteiger partial charge >= 0.3 is 5.97 Å². The second-order valence-corrected chi connectivity index (χ2v) is 12.3. The number of alkyl halides is 1. The summed E-state index contributed by atoms with van der Waals surface area (Å²) in [5.41, 5.74) is 4.76. The Kier molecular flexibility index (Phi) is 12.6. The van der Waals surface area contributed by atoms with Gasteiger partial charge in [-0.3, -0.25) is 20.1 Å². The molecule has 4 aromatic rings. The van der Waals surface area contributed by atoms with Gasteiger partial charge in [0.1, 0.15) is 42.1 Å². The third-order valence-electron chi connectivity index (χ3n) is 7.67. The number of nitrogens with zero attached hydrogens (tertiary/aromatic N) is 3. The molecule has 1 atom stereocenters. The molecule has 0 aliphatic carbocycles. The highest BCUT2D eigenvalue weighted by atomic mass is 79.9. The van der Waals surface area contributed by atoms with Gasteiger partial charge in [0.05, 0.1) is 29.5 Å². The van der Waals surface area contributed by atoms with E-state index in [9.17, 15) is 20.3 Å². The Bertz CT molecular complexity index is 1770. The molecule has 0 radical (unpaired) electrons. The number of aliphatic hydroxyl groups is 1. The lowest BCUT2D eigenvalue weighted by molar-refractivity contribution is -0.145. The molecule has 0 unspecified atom stereocenters. The number of carboxylic acid groups (broad SMARTS) is 1. The fraction of sp³-hybridized carbons (Fsp3) is 0.314. The first kappa shape index (κ1) is 35.6. The number of aliphatic carboxylic acids is 1. The third-order valence-corrected chi connectivity index (χ3v) is 8.53. The number of hydrogen-bond donors (Lipinski definition) is 3. The highest BCUT2D eigenvalue weighted by molar-refractivity contribution is 9.09. The van der Waals surface area contributed by atoms with E-state index in [2.05, 4.69) is 43.4 Å². The Labute approximate surface area is 287 Å². The molecule has 0 spiro atoms. The van der Waals surface area contributed by atoms with E-state index >= 15 is 0 Å². The van der Waals surface area contributed by atoms with Crippen molar-refractivity contribution in [1.82, 2.24) is 15.3 Å². The van der Waals surface area contributed by atoms with E-state index in [0.29, 0.717) is 34.8 Å².